The van der Waals surface area contributed by atoms with Crippen molar-refractivity contribution in [2.45, 2.75) is 20.8 Å². The second-order valence-corrected chi connectivity index (χ2v) is 4.21. The Morgan fingerprint density at radius 2 is 2.18 bits per heavy atom. The number of allylic oxidation sites excluding steroid dienone is 1. The van der Waals surface area contributed by atoms with E-state index in [9.17, 15) is 0 Å². The van der Waals surface area contributed by atoms with Crippen LogP contribution in [0.2, 0.25) is 0 Å². The summed E-state index contributed by atoms with van der Waals surface area (Å²) in [5.74, 6) is 0.141. The highest BCUT2D eigenvalue weighted by atomic mass is 32.1. The Labute approximate surface area is 73.4 Å². The highest BCUT2D eigenvalue weighted by Gasteiger charge is 2.30. The molecular weight excluding hydrogens is 156 g/mol. The van der Waals surface area contributed by atoms with Crippen LogP contribution in [0, 0.1) is 17.9 Å². The first-order valence-corrected chi connectivity index (χ1v) is 4.04. The molecule has 0 saturated carbocycles. The molecule has 1 rings (SSSR count). The van der Waals surface area contributed by atoms with Crippen molar-refractivity contribution in [1.29, 1.82) is 0 Å². The van der Waals surface area contributed by atoms with Crippen molar-refractivity contribution in [3.63, 3.8) is 0 Å². The average Bonchev–Trinajstić information content (AvgIpc) is 1.86. The number of thiocarbonyl (C=S) groups is 1. The molecule has 0 saturated heterocycles. The van der Waals surface area contributed by atoms with E-state index in [0.29, 0.717) is 0 Å². The quantitative estimate of drug-likeness (QED) is 0.514. The number of ether oxygens (including phenoxy) is 1. The van der Waals surface area contributed by atoms with Crippen molar-refractivity contribution in [1.82, 2.24) is 0 Å². The van der Waals surface area contributed by atoms with Crippen LogP contribution in [0.1, 0.15) is 20.8 Å². The monoisotopic (exact) mass is 168 g/mol. The SMILES string of the molecule is CC(C)(C)C1[C]OC=CC1=S. The lowest BCUT2D eigenvalue weighted by molar-refractivity contribution is 0.219. The normalized spacial score (nSPS) is 25.0. The first kappa shape index (κ1) is 8.72. The van der Waals surface area contributed by atoms with Crippen LogP contribution in [0.3, 0.4) is 0 Å². The summed E-state index contributed by atoms with van der Waals surface area (Å²) in [6.07, 6.45) is 3.40. The number of rotatable bonds is 0. The molecule has 0 aromatic heterocycles. The van der Waals surface area contributed by atoms with Crippen LogP contribution in [-0.4, -0.2) is 4.86 Å². The van der Waals surface area contributed by atoms with Gasteiger partial charge in [-0.3, -0.25) is 0 Å². The second-order valence-electron chi connectivity index (χ2n) is 3.74. The molecule has 0 amide bonds. The number of hydrogen-bond donors (Lipinski definition) is 0. The van der Waals surface area contributed by atoms with Gasteiger partial charge in [0.2, 0.25) is 6.61 Å². The van der Waals surface area contributed by atoms with Gasteiger partial charge in [0.25, 0.3) is 0 Å². The summed E-state index contributed by atoms with van der Waals surface area (Å²) in [6, 6.07) is 0. The van der Waals surface area contributed by atoms with Gasteiger partial charge in [0, 0.05) is 10.8 Å². The fourth-order valence-electron chi connectivity index (χ4n) is 0.966. The zero-order valence-corrected chi connectivity index (χ0v) is 7.87. The molecule has 1 aliphatic rings. The molecule has 2 heteroatoms. The summed E-state index contributed by atoms with van der Waals surface area (Å²) in [5, 5.41) is 0. The van der Waals surface area contributed by atoms with E-state index in [1.807, 2.05) is 6.08 Å². The predicted molar refractivity (Wildman–Crippen MR) is 49.0 cm³/mol. The predicted octanol–water partition coefficient (Wildman–Crippen LogP) is 2.60. The molecule has 11 heavy (non-hydrogen) atoms. The Balaban J connectivity index is 2.74. The summed E-state index contributed by atoms with van der Waals surface area (Å²) in [5.41, 5.74) is 0.113. The van der Waals surface area contributed by atoms with E-state index in [1.165, 1.54) is 0 Å². The van der Waals surface area contributed by atoms with Gasteiger partial charge in [0.1, 0.15) is 0 Å². The van der Waals surface area contributed by atoms with Crippen molar-refractivity contribution < 1.29 is 4.74 Å². The highest BCUT2D eigenvalue weighted by Crippen LogP contribution is 2.32. The molecule has 0 aromatic carbocycles. The topological polar surface area (TPSA) is 9.23 Å². The van der Waals surface area contributed by atoms with Crippen LogP contribution in [-0.2, 0) is 4.74 Å². The van der Waals surface area contributed by atoms with Crippen LogP contribution < -0.4 is 0 Å². The minimum Gasteiger partial charge on any atom is -0.485 e. The van der Waals surface area contributed by atoms with E-state index in [1.54, 1.807) is 6.26 Å². The molecule has 1 heterocycles. The molecule has 60 valence electrons. The lowest BCUT2D eigenvalue weighted by Crippen LogP contribution is -2.29. The van der Waals surface area contributed by atoms with Gasteiger partial charge in [-0.2, -0.15) is 0 Å². The van der Waals surface area contributed by atoms with E-state index in [4.69, 9.17) is 17.0 Å². The van der Waals surface area contributed by atoms with Crippen molar-refractivity contribution in [3.05, 3.63) is 18.9 Å². The standard InChI is InChI=1S/C9H12OS/c1-9(2,3)7-6-10-5-4-8(7)11/h4-5,7H,1-3H3. The molecule has 0 bridgehead atoms. The Kier molecular flexibility index (Phi) is 2.33. The van der Waals surface area contributed by atoms with Crippen molar-refractivity contribution in [2.75, 3.05) is 0 Å². The lowest BCUT2D eigenvalue weighted by atomic mass is 9.79. The van der Waals surface area contributed by atoms with Gasteiger partial charge in [-0.15, -0.1) is 0 Å². The fourth-order valence-corrected chi connectivity index (χ4v) is 1.42. The first-order chi connectivity index (χ1) is 5.02. The third-order valence-electron chi connectivity index (χ3n) is 1.64. The zero-order chi connectivity index (χ0) is 8.48. The van der Waals surface area contributed by atoms with Crippen LogP contribution in [0.15, 0.2) is 12.3 Å². The van der Waals surface area contributed by atoms with Crippen LogP contribution in [0.5, 0.6) is 0 Å². The van der Waals surface area contributed by atoms with Gasteiger partial charge in [0.15, 0.2) is 0 Å². The molecule has 0 aromatic rings. The smallest absolute Gasteiger partial charge is 0.204 e. The van der Waals surface area contributed by atoms with Crippen LogP contribution in [0.25, 0.3) is 0 Å². The van der Waals surface area contributed by atoms with Crippen LogP contribution in [0.4, 0.5) is 0 Å². The summed E-state index contributed by atoms with van der Waals surface area (Å²) in [6.45, 7) is 9.25. The fraction of sp³-hybridized carbons (Fsp3) is 0.556. The summed E-state index contributed by atoms with van der Waals surface area (Å²) >= 11 is 5.15. The maximum absolute atomic E-state index is 5.15. The van der Waals surface area contributed by atoms with Gasteiger partial charge in [-0.1, -0.05) is 33.0 Å². The Morgan fingerprint density at radius 3 is 2.55 bits per heavy atom. The lowest BCUT2D eigenvalue weighted by Gasteiger charge is -2.30. The summed E-state index contributed by atoms with van der Waals surface area (Å²) in [4.78, 5) is 0.906. The van der Waals surface area contributed by atoms with Gasteiger partial charge in [-0.05, 0) is 11.5 Å². The van der Waals surface area contributed by atoms with Crippen LogP contribution >= 0.6 is 12.2 Å². The van der Waals surface area contributed by atoms with Gasteiger partial charge in [-0.25, -0.2) is 0 Å². The van der Waals surface area contributed by atoms with Gasteiger partial charge >= 0.3 is 0 Å². The maximum Gasteiger partial charge on any atom is 0.204 e. The molecule has 2 radical (unpaired) electrons. The molecule has 1 atom stereocenters. The molecule has 0 aliphatic carbocycles. The van der Waals surface area contributed by atoms with Gasteiger partial charge in [0.05, 0.1) is 6.26 Å². The minimum absolute atomic E-state index is 0.113. The van der Waals surface area contributed by atoms with Crippen molar-refractivity contribution in [2.24, 2.45) is 11.3 Å². The molecule has 1 nitrogen and oxygen atoms in total. The maximum atomic E-state index is 5.15. The summed E-state index contributed by atoms with van der Waals surface area (Å²) in [7, 11) is 0. The second kappa shape index (κ2) is 2.94. The molecule has 1 unspecified atom stereocenters. The van der Waals surface area contributed by atoms with Crippen molar-refractivity contribution in [3.8, 4) is 0 Å². The van der Waals surface area contributed by atoms with Crippen molar-refractivity contribution >= 4 is 17.1 Å². The molecule has 1 aliphatic heterocycles. The van der Waals surface area contributed by atoms with E-state index in [2.05, 4.69) is 27.4 Å². The molecule has 0 N–H and O–H groups in total. The summed E-state index contributed by atoms with van der Waals surface area (Å²) < 4.78 is 4.96. The Bertz CT molecular complexity index is 188. The Morgan fingerprint density at radius 1 is 1.55 bits per heavy atom. The van der Waals surface area contributed by atoms with Gasteiger partial charge < -0.3 is 4.74 Å². The minimum atomic E-state index is 0.113. The first-order valence-electron chi connectivity index (χ1n) is 3.63. The third kappa shape index (κ3) is 2.03. The zero-order valence-electron chi connectivity index (χ0n) is 7.05. The van der Waals surface area contributed by atoms with E-state index < -0.39 is 0 Å². The third-order valence-corrected chi connectivity index (χ3v) is 2.01. The highest BCUT2D eigenvalue weighted by molar-refractivity contribution is 7.80. The largest absolute Gasteiger partial charge is 0.485 e. The van der Waals surface area contributed by atoms with E-state index >= 15 is 0 Å². The average molecular weight is 168 g/mol. The Hall–Kier alpha value is -0.370. The molecular formula is C9H12OS. The molecule has 0 fully saturated rings. The van der Waals surface area contributed by atoms with E-state index in [-0.39, 0.29) is 11.3 Å². The number of hydrogen-bond acceptors (Lipinski definition) is 2. The molecule has 0 spiro atoms. The van der Waals surface area contributed by atoms with E-state index in [0.717, 1.165) is 4.86 Å².